The van der Waals surface area contributed by atoms with Crippen molar-refractivity contribution in [2.75, 3.05) is 4.90 Å². The van der Waals surface area contributed by atoms with E-state index in [9.17, 15) is 14.0 Å². The van der Waals surface area contributed by atoms with Crippen LogP contribution in [0.1, 0.15) is 40.4 Å². The predicted octanol–water partition coefficient (Wildman–Crippen LogP) is 4.33. The molecule has 0 spiro atoms. The zero-order valence-corrected chi connectivity index (χ0v) is 16.6. The van der Waals surface area contributed by atoms with Gasteiger partial charge in [0, 0.05) is 17.9 Å². The molecule has 1 aromatic heterocycles. The van der Waals surface area contributed by atoms with E-state index >= 15 is 0 Å². The van der Waals surface area contributed by atoms with Crippen LogP contribution in [0.15, 0.2) is 65.6 Å². The first-order valence-corrected chi connectivity index (χ1v) is 9.81. The van der Waals surface area contributed by atoms with Gasteiger partial charge in [0.05, 0.1) is 6.54 Å². The minimum Gasteiger partial charge on any atom is -0.310 e. The molecule has 0 saturated carbocycles. The fourth-order valence-electron chi connectivity index (χ4n) is 3.87. The van der Waals surface area contributed by atoms with E-state index in [-0.39, 0.29) is 28.9 Å². The monoisotopic (exact) mass is 390 g/mol. The molecule has 2 heterocycles. The quantitative estimate of drug-likeness (QED) is 0.668. The van der Waals surface area contributed by atoms with Gasteiger partial charge in [-0.3, -0.25) is 9.59 Å². The molecule has 4 nitrogen and oxygen atoms in total. The van der Waals surface area contributed by atoms with Crippen LogP contribution in [0.4, 0.5) is 10.1 Å². The van der Waals surface area contributed by atoms with Crippen molar-refractivity contribution in [1.29, 1.82) is 0 Å². The number of amides is 1. The third-order valence-corrected chi connectivity index (χ3v) is 5.52. The summed E-state index contributed by atoms with van der Waals surface area (Å²) in [5.41, 5.74) is 3.44. The van der Waals surface area contributed by atoms with E-state index < -0.39 is 0 Å². The van der Waals surface area contributed by atoms with Crippen molar-refractivity contribution >= 4 is 11.6 Å². The van der Waals surface area contributed by atoms with E-state index in [2.05, 4.69) is 0 Å². The molecule has 0 aliphatic carbocycles. The molecule has 1 aliphatic heterocycles. The maximum Gasteiger partial charge on any atom is 0.264 e. The number of carbonyl (C=O) groups excluding carboxylic acids is 1. The maximum atomic E-state index is 13.6. The van der Waals surface area contributed by atoms with Crippen LogP contribution in [0, 0.1) is 12.7 Å². The topological polar surface area (TPSA) is 42.3 Å². The van der Waals surface area contributed by atoms with Crippen molar-refractivity contribution in [3.05, 3.63) is 99.2 Å². The van der Waals surface area contributed by atoms with E-state index in [0.29, 0.717) is 18.7 Å². The van der Waals surface area contributed by atoms with Gasteiger partial charge in [0.25, 0.3) is 11.5 Å². The van der Waals surface area contributed by atoms with Crippen molar-refractivity contribution in [3.8, 4) is 0 Å². The Morgan fingerprint density at radius 3 is 2.66 bits per heavy atom. The first-order chi connectivity index (χ1) is 13.9. The van der Waals surface area contributed by atoms with Crippen molar-refractivity contribution < 1.29 is 9.18 Å². The molecule has 148 valence electrons. The Labute approximate surface area is 169 Å². The SMILES string of the molecule is Cc1ccc(Cn2cccc(C(=O)N3c4ccc(F)cc4CC[C@H]3C)c2=O)cc1. The number of aryl methyl sites for hydroxylation is 2. The van der Waals surface area contributed by atoms with Crippen LogP contribution in [-0.4, -0.2) is 16.5 Å². The summed E-state index contributed by atoms with van der Waals surface area (Å²) >= 11 is 0. The number of anilines is 1. The highest BCUT2D eigenvalue weighted by Gasteiger charge is 2.30. The molecule has 0 radical (unpaired) electrons. The normalized spacial score (nSPS) is 15.8. The molecule has 0 unspecified atom stereocenters. The highest BCUT2D eigenvalue weighted by molar-refractivity contribution is 6.06. The predicted molar refractivity (Wildman–Crippen MR) is 112 cm³/mol. The molecular weight excluding hydrogens is 367 g/mol. The summed E-state index contributed by atoms with van der Waals surface area (Å²) in [4.78, 5) is 28.0. The number of halogens is 1. The van der Waals surface area contributed by atoms with E-state index in [0.717, 1.165) is 23.1 Å². The largest absolute Gasteiger partial charge is 0.310 e. The first-order valence-electron chi connectivity index (χ1n) is 9.81. The molecule has 4 rings (SSSR count). The number of fused-ring (bicyclic) bond motifs is 1. The van der Waals surface area contributed by atoms with Crippen LogP contribution in [0.25, 0.3) is 0 Å². The number of benzene rings is 2. The van der Waals surface area contributed by atoms with Gasteiger partial charge in [-0.1, -0.05) is 29.8 Å². The van der Waals surface area contributed by atoms with Crippen LogP contribution in [0.5, 0.6) is 0 Å². The van der Waals surface area contributed by atoms with E-state index in [1.807, 2.05) is 38.1 Å². The number of aromatic nitrogens is 1. The highest BCUT2D eigenvalue weighted by atomic mass is 19.1. The highest BCUT2D eigenvalue weighted by Crippen LogP contribution is 2.32. The first kappa shape index (κ1) is 19.1. The minimum absolute atomic E-state index is 0.0642. The number of rotatable bonds is 3. The smallest absolute Gasteiger partial charge is 0.264 e. The molecule has 3 aromatic rings. The van der Waals surface area contributed by atoms with Crippen LogP contribution < -0.4 is 10.5 Å². The summed E-state index contributed by atoms with van der Waals surface area (Å²) in [6.45, 7) is 4.37. The minimum atomic E-state index is -0.340. The van der Waals surface area contributed by atoms with Gasteiger partial charge in [-0.25, -0.2) is 4.39 Å². The molecule has 0 fully saturated rings. The van der Waals surface area contributed by atoms with Gasteiger partial charge in [-0.15, -0.1) is 0 Å². The molecule has 1 aliphatic rings. The van der Waals surface area contributed by atoms with Gasteiger partial charge in [0.15, 0.2) is 0 Å². The lowest BCUT2D eigenvalue weighted by atomic mass is 9.95. The van der Waals surface area contributed by atoms with Crippen LogP contribution >= 0.6 is 0 Å². The molecule has 0 saturated heterocycles. The third-order valence-electron chi connectivity index (χ3n) is 5.52. The lowest BCUT2D eigenvalue weighted by molar-refractivity contribution is 0.0973. The maximum absolute atomic E-state index is 13.6. The fourth-order valence-corrected chi connectivity index (χ4v) is 3.87. The molecule has 1 atom stereocenters. The standard InChI is InChI=1S/C24H23FN2O2/c1-16-5-8-18(9-6-16)15-26-13-3-4-21(23(26)28)24(29)27-17(2)7-10-19-14-20(25)11-12-22(19)27/h3-6,8-9,11-14,17H,7,10,15H2,1-2H3/t17-/m1/s1. The lowest BCUT2D eigenvalue weighted by Gasteiger charge is -2.35. The second-order valence-electron chi connectivity index (χ2n) is 7.68. The number of nitrogens with zero attached hydrogens (tertiary/aromatic N) is 2. The molecule has 2 aromatic carbocycles. The Hall–Kier alpha value is -3.21. The summed E-state index contributed by atoms with van der Waals surface area (Å²) in [5, 5.41) is 0. The zero-order valence-electron chi connectivity index (χ0n) is 16.6. The Morgan fingerprint density at radius 1 is 1.14 bits per heavy atom. The molecule has 5 heteroatoms. The molecule has 0 bridgehead atoms. The van der Waals surface area contributed by atoms with Gasteiger partial charge in [0.1, 0.15) is 11.4 Å². The van der Waals surface area contributed by atoms with Gasteiger partial charge in [-0.05, 0) is 68.1 Å². The molecule has 29 heavy (non-hydrogen) atoms. The summed E-state index contributed by atoms with van der Waals surface area (Å²) in [5.74, 6) is -0.654. The molecule has 1 amide bonds. The Bertz CT molecular complexity index is 1120. The number of hydrogen-bond donors (Lipinski definition) is 0. The second-order valence-corrected chi connectivity index (χ2v) is 7.68. The third kappa shape index (κ3) is 3.73. The average Bonchev–Trinajstić information content (AvgIpc) is 2.71. The van der Waals surface area contributed by atoms with E-state index in [1.165, 1.54) is 12.1 Å². The van der Waals surface area contributed by atoms with E-state index in [1.54, 1.807) is 33.9 Å². The van der Waals surface area contributed by atoms with Crippen molar-refractivity contribution in [1.82, 2.24) is 4.57 Å². The second kappa shape index (κ2) is 7.66. The van der Waals surface area contributed by atoms with Gasteiger partial charge >= 0.3 is 0 Å². The Morgan fingerprint density at radius 2 is 1.90 bits per heavy atom. The Kier molecular flexibility index (Phi) is 5.05. The van der Waals surface area contributed by atoms with Crippen LogP contribution in [-0.2, 0) is 13.0 Å². The van der Waals surface area contributed by atoms with Crippen molar-refractivity contribution in [2.45, 2.75) is 39.3 Å². The van der Waals surface area contributed by atoms with Crippen LogP contribution in [0.2, 0.25) is 0 Å². The zero-order chi connectivity index (χ0) is 20.5. The summed E-state index contributed by atoms with van der Waals surface area (Å²) in [7, 11) is 0. The van der Waals surface area contributed by atoms with Gasteiger partial charge in [0.2, 0.25) is 0 Å². The molecular formula is C24H23FN2O2. The van der Waals surface area contributed by atoms with E-state index in [4.69, 9.17) is 0 Å². The average molecular weight is 390 g/mol. The summed E-state index contributed by atoms with van der Waals surface area (Å²) in [6, 6.07) is 15.7. The van der Waals surface area contributed by atoms with Gasteiger partial charge in [-0.2, -0.15) is 0 Å². The lowest BCUT2D eigenvalue weighted by Crippen LogP contribution is -2.44. The Balaban J connectivity index is 1.69. The van der Waals surface area contributed by atoms with Crippen molar-refractivity contribution in [3.63, 3.8) is 0 Å². The molecule has 0 N–H and O–H groups in total. The summed E-state index contributed by atoms with van der Waals surface area (Å²) < 4.78 is 15.2. The van der Waals surface area contributed by atoms with Gasteiger partial charge < -0.3 is 9.47 Å². The number of hydrogen-bond acceptors (Lipinski definition) is 2. The van der Waals surface area contributed by atoms with Crippen LogP contribution in [0.3, 0.4) is 0 Å². The fraction of sp³-hybridized carbons (Fsp3) is 0.250. The number of pyridine rings is 1. The number of carbonyl (C=O) groups is 1. The summed E-state index contributed by atoms with van der Waals surface area (Å²) in [6.07, 6.45) is 3.14. The van der Waals surface area contributed by atoms with Crippen molar-refractivity contribution in [2.24, 2.45) is 0 Å².